The quantitative estimate of drug-likeness (QED) is 0.400. The lowest BCUT2D eigenvalue weighted by Gasteiger charge is -2.21. The lowest BCUT2D eigenvalue weighted by molar-refractivity contribution is 0.476. The minimum Gasteiger partial charge on any atom is -0.506 e. The van der Waals surface area contributed by atoms with E-state index in [1.807, 2.05) is 36.4 Å². The molecule has 4 nitrogen and oxygen atoms in total. The summed E-state index contributed by atoms with van der Waals surface area (Å²) in [6, 6.07) is 13.8. The molecular formula is C21H26ClN3O. The third-order valence-electron chi connectivity index (χ3n) is 4.40. The molecule has 0 unspecified atom stereocenters. The zero-order chi connectivity index (χ0) is 18.7. The Balaban J connectivity index is 1.82. The standard InChI is InChI=1S/C21H26ClN3O/c1-21(2,3)15-8-11-19(26)18(12-15)25-20(24-16-9-10-16)23-13-14-6-4-5-7-17(14)22/h4-8,11-12,16,26H,9-10,13H2,1-3H3,(H2,23,24,25). The summed E-state index contributed by atoms with van der Waals surface area (Å²) < 4.78 is 0. The van der Waals surface area contributed by atoms with E-state index in [1.54, 1.807) is 6.07 Å². The van der Waals surface area contributed by atoms with Crippen LogP contribution < -0.4 is 10.6 Å². The molecular weight excluding hydrogens is 346 g/mol. The van der Waals surface area contributed by atoms with E-state index in [0.29, 0.717) is 29.3 Å². The Hall–Kier alpha value is -2.20. The molecule has 3 rings (SSSR count). The lowest BCUT2D eigenvalue weighted by Crippen LogP contribution is -2.32. The summed E-state index contributed by atoms with van der Waals surface area (Å²) in [5, 5.41) is 17.6. The van der Waals surface area contributed by atoms with Gasteiger partial charge in [-0.05, 0) is 47.6 Å². The van der Waals surface area contributed by atoms with E-state index in [4.69, 9.17) is 11.6 Å². The summed E-state index contributed by atoms with van der Waals surface area (Å²) in [6.07, 6.45) is 2.28. The Kier molecular flexibility index (Phi) is 5.42. The van der Waals surface area contributed by atoms with Crippen molar-refractivity contribution in [1.29, 1.82) is 0 Å². The van der Waals surface area contributed by atoms with Gasteiger partial charge in [0.15, 0.2) is 5.96 Å². The van der Waals surface area contributed by atoms with Gasteiger partial charge in [-0.3, -0.25) is 0 Å². The molecule has 26 heavy (non-hydrogen) atoms. The number of rotatable bonds is 4. The predicted molar refractivity (Wildman–Crippen MR) is 109 cm³/mol. The van der Waals surface area contributed by atoms with E-state index in [-0.39, 0.29) is 11.2 Å². The fourth-order valence-electron chi connectivity index (χ4n) is 2.56. The van der Waals surface area contributed by atoms with Crippen molar-refractivity contribution in [3.05, 3.63) is 58.6 Å². The maximum absolute atomic E-state index is 10.3. The van der Waals surface area contributed by atoms with Crippen molar-refractivity contribution in [2.45, 2.75) is 51.6 Å². The Labute approximate surface area is 160 Å². The molecule has 138 valence electrons. The molecule has 1 aliphatic carbocycles. The van der Waals surface area contributed by atoms with Gasteiger partial charge in [0.05, 0.1) is 12.2 Å². The first kappa shape index (κ1) is 18.6. The molecule has 0 saturated heterocycles. The fourth-order valence-corrected chi connectivity index (χ4v) is 2.76. The summed E-state index contributed by atoms with van der Waals surface area (Å²) in [7, 11) is 0. The summed E-state index contributed by atoms with van der Waals surface area (Å²) in [6.45, 7) is 6.93. The van der Waals surface area contributed by atoms with E-state index in [2.05, 4.69) is 36.4 Å². The van der Waals surface area contributed by atoms with Crippen LogP contribution in [0.4, 0.5) is 5.69 Å². The van der Waals surface area contributed by atoms with Crippen molar-refractivity contribution < 1.29 is 5.11 Å². The van der Waals surface area contributed by atoms with Crippen LogP contribution in [0, 0.1) is 0 Å². The summed E-state index contributed by atoms with van der Waals surface area (Å²) in [5.74, 6) is 0.870. The van der Waals surface area contributed by atoms with Gasteiger partial charge >= 0.3 is 0 Å². The number of anilines is 1. The van der Waals surface area contributed by atoms with E-state index in [0.717, 1.165) is 24.0 Å². The monoisotopic (exact) mass is 371 g/mol. The Morgan fingerprint density at radius 2 is 1.92 bits per heavy atom. The van der Waals surface area contributed by atoms with Crippen molar-refractivity contribution >= 4 is 23.2 Å². The molecule has 0 spiro atoms. The van der Waals surface area contributed by atoms with Gasteiger partial charge < -0.3 is 15.7 Å². The number of phenolic OH excluding ortho intramolecular Hbond substituents is 1. The van der Waals surface area contributed by atoms with Gasteiger partial charge in [-0.2, -0.15) is 0 Å². The molecule has 1 saturated carbocycles. The average molecular weight is 372 g/mol. The van der Waals surface area contributed by atoms with Crippen LogP contribution in [0.25, 0.3) is 0 Å². The second-order valence-corrected chi connectivity index (χ2v) is 8.19. The molecule has 1 aliphatic rings. The van der Waals surface area contributed by atoms with Crippen LogP contribution in [0.1, 0.15) is 44.7 Å². The van der Waals surface area contributed by atoms with Crippen molar-refractivity contribution in [1.82, 2.24) is 5.32 Å². The maximum atomic E-state index is 10.3. The highest BCUT2D eigenvalue weighted by molar-refractivity contribution is 6.31. The minimum atomic E-state index is 0.00290. The van der Waals surface area contributed by atoms with Crippen LogP contribution in [0.2, 0.25) is 5.02 Å². The Bertz CT molecular complexity index is 807. The average Bonchev–Trinajstić information content (AvgIpc) is 3.39. The zero-order valence-electron chi connectivity index (χ0n) is 15.5. The van der Waals surface area contributed by atoms with Gasteiger partial charge in [-0.1, -0.05) is 56.6 Å². The summed E-state index contributed by atoms with van der Waals surface area (Å²) in [5.41, 5.74) is 2.78. The fraction of sp³-hybridized carbons (Fsp3) is 0.381. The first-order valence-corrected chi connectivity index (χ1v) is 9.35. The number of aromatic hydroxyl groups is 1. The number of halogens is 1. The van der Waals surface area contributed by atoms with Crippen LogP contribution in [0.3, 0.4) is 0 Å². The van der Waals surface area contributed by atoms with Gasteiger partial charge in [0, 0.05) is 11.1 Å². The SMILES string of the molecule is CC(C)(C)c1ccc(O)c(NC(=NCc2ccccc2Cl)NC2CC2)c1. The maximum Gasteiger partial charge on any atom is 0.196 e. The Morgan fingerprint density at radius 3 is 2.58 bits per heavy atom. The molecule has 1 fully saturated rings. The highest BCUT2D eigenvalue weighted by Crippen LogP contribution is 2.31. The highest BCUT2D eigenvalue weighted by Gasteiger charge is 2.23. The molecule has 2 aromatic rings. The molecule has 0 radical (unpaired) electrons. The third-order valence-corrected chi connectivity index (χ3v) is 4.77. The van der Waals surface area contributed by atoms with Gasteiger partial charge in [-0.25, -0.2) is 4.99 Å². The second-order valence-electron chi connectivity index (χ2n) is 7.78. The molecule has 0 aromatic heterocycles. The topological polar surface area (TPSA) is 56.6 Å². The minimum absolute atomic E-state index is 0.00290. The number of guanidine groups is 1. The lowest BCUT2D eigenvalue weighted by atomic mass is 9.87. The van der Waals surface area contributed by atoms with Crippen LogP contribution in [0.15, 0.2) is 47.5 Å². The molecule has 0 atom stereocenters. The van der Waals surface area contributed by atoms with Crippen LogP contribution in [-0.4, -0.2) is 17.1 Å². The molecule has 0 aliphatic heterocycles. The van der Waals surface area contributed by atoms with Gasteiger partial charge in [0.25, 0.3) is 0 Å². The number of nitrogens with zero attached hydrogens (tertiary/aromatic N) is 1. The van der Waals surface area contributed by atoms with Gasteiger partial charge in [0.1, 0.15) is 5.75 Å². The number of nitrogens with one attached hydrogen (secondary N) is 2. The Morgan fingerprint density at radius 1 is 1.19 bits per heavy atom. The van der Waals surface area contributed by atoms with Gasteiger partial charge in [-0.15, -0.1) is 0 Å². The largest absolute Gasteiger partial charge is 0.506 e. The van der Waals surface area contributed by atoms with Crippen molar-refractivity contribution in [3.63, 3.8) is 0 Å². The molecule has 2 aromatic carbocycles. The molecule has 0 bridgehead atoms. The van der Waals surface area contributed by atoms with Crippen LogP contribution >= 0.6 is 11.6 Å². The van der Waals surface area contributed by atoms with Crippen LogP contribution in [-0.2, 0) is 12.0 Å². The van der Waals surface area contributed by atoms with E-state index in [1.165, 1.54) is 0 Å². The number of phenols is 1. The van der Waals surface area contributed by atoms with E-state index >= 15 is 0 Å². The predicted octanol–water partition coefficient (Wildman–Crippen LogP) is 5.06. The van der Waals surface area contributed by atoms with Gasteiger partial charge in [0.2, 0.25) is 0 Å². The number of aliphatic imine (C=N–C) groups is 1. The van der Waals surface area contributed by atoms with Crippen molar-refractivity contribution in [2.24, 2.45) is 4.99 Å². The molecule has 3 N–H and O–H groups in total. The number of benzene rings is 2. The van der Waals surface area contributed by atoms with E-state index in [9.17, 15) is 5.11 Å². The molecule has 5 heteroatoms. The number of hydrogen-bond donors (Lipinski definition) is 3. The zero-order valence-corrected chi connectivity index (χ0v) is 16.3. The normalized spacial score (nSPS) is 15.0. The van der Waals surface area contributed by atoms with Crippen molar-refractivity contribution in [2.75, 3.05) is 5.32 Å². The molecule has 0 heterocycles. The molecule has 0 amide bonds. The first-order valence-electron chi connectivity index (χ1n) is 8.98. The van der Waals surface area contributed by atoms with Crippen LogP contribution in [0.5, 0.6) is 5.75 Å². The highest BCUT2D eigenvalue weighted by atomic mass is 35.5. The van der Waals surface area contributed by atoms with E-state index < -0.39 is 0 Å². The first-order chi connectivity index (χ1) is 12.3. The second kappa shape index (κ2) is 7.58. The number of hydrogen-bond acceptors (Lipinski definition) is 2. The smallest absolute Gasteiger partial charge is 0.196 e. The van der Waals surface area contributed by atoms with Crippen molar-refractivity contribution in [3.8, 4) is 5.75 Å². The summed E-state index contributed by atoms with van der Waals surface area (Å²) >= 11 is 6.23. The summed E-state index contributed by atoms with van der Waals surface area (Å²) in [4.78, 5) is 4.66. The third kappa shape index (κ3) is 4.92.